The first-order chi connectivity index (χ1) is 6.04. The second-order valence-corrected chi connectivity index (χ2v) is 3.89. The Kier molecular flexibility index (Phi) is 3.67. The summed E-state index contributed by atoms with van der Waals surface area (Å²) in [5.74, 6) is 0. The summed E-state index contributed by atoms with van der Waals surface area (Å²) in [6, 6.07) is -0.350. The minimum Gasteiger partial charge on any atom is -0.386 e. The molecular formula is C9H19NO3. The molecule has 78 valence electrons. The van der Waals surface area contributed by atoms with Crippen molar-refractivity contribution in [2.24, 2.45) is 5.73 Å². The van der Waals surface area contributed by atoms with E-state index >= 15 is 0 Å². The predicted molar refractivity (Wildman–Crippen MR) is 49.4 cm³/mol. The van der Waals surface area contributed by atoms with Crippen LogP contribution in [0.5, 0.6) is 0 Å². The van der Waals surface area contributed by atoms with Gasteiger partial charge in [-0.05, 0) is 13.8 Å². The van der Waals surface area contributed by atoms with Crippen LogP contribution < -0.4 is 5.73 Å². The van der Waals surface area contributed by atoms with E-state index in [9.17, 15) is 5.11 Å². The molecule has 0 aliphatic carbocycles. The van der Waals surface area contributed by atoms with Gasteiger partial charge in [-0.1, -0.05) is 0 Å². The highest BCUT2D eigenvalue weighted by Crippen LogP contribution is 2.21. The molecule has 1 aliphatic rings. The number of ether oxygens (including phenoxy) is 2. The Hall–Kier alpha value is -0.160. The van der Waals surface area contributed by atoms with Crippen LogP contribution in [0.4, 0.5) is 0 Å². The summed E-state index contributed by atoms with van der Waals surface area (Å²) < 4.78 is 10.4. The number of aliphatic hydroxyl groups is 1. The fraction of sp³-hybridized carbons (Fsp3) is 1.00. The summed E-state index contributed by atoms with van der Waals surface area (Å²) >= 11 is 0. The minimum atomic E-state index is -0.880. The SMILES string of the molecule is CC(C)OCC(N)C1(O)CCOC1. The lowest BCUT2D eigenvalue weighted by Crippen LogP contribution is -2.51. The monoisotopic (exact) mass is 189 g/mol. The number of nitrogens with two attached hydrogens (primary N) is 1. The Bertz CT molecular complexity index is 155. The van der Waals surface area contributed by atoms with Crippen molar-refractivity contribution in [2.75, 3.05) is 19.8 Å². The van der Waals surface area contributed by atoms with Crippen molar-refractivity contribution in [3.8, 4) is 0 Å². The van der Waals surface area contributed by atoms with Crippen LogP contribution in [0.3, 0.4) is 0 Å². The van der Waals surface area contributed by atoms with Crippen molar-refractivity contribution < 1.29 is 14.6 Å². The van der Waals surface area contributed by atoms with E-state index in [1.807, 2.05) is 13.8 Å². The van der Waals surface area contributed by atoms with E-state index in [0.717, 1.165) is 0 Å². The van der Waals surface area contributed by atoms with E-state index < -0.39 is 5.60 Å². The topological polar surface area (TPSA) is 64.7 Å². The second kappa shape index (κ2) is 4.37. The summed E-state index contributed by atoms with van der Waals surface area (Å²) in [6.07, 6.45) is 0.757. The fourth-order valence-corrected chi connectivity index (χ4v) is 1.31. The van der Waals surface area contributed by atoms with Gasteiger partial charge in [-0.3, -0.25) is 0 Å². The van der Waals surface area contributed by atoms with Gasteiger partial charge in [-0.2, -0.15) is 0 Å². The van der Waals surface area contributed by atoms with E-state index in [2.05, 4.69) is 0 Å². The van der Waals surface area contributed by atoms with Crippen molar-refractivity contribution in [1.29, 1.82) is 0 Å². The zero-order valence-corrected chi connectivity index (χ0v) is 8.32. The first kappa shape index (κ1) is 10.9. The third-order valence-corrected chi connectivity index (χ3v) is 2.33. The van der Waals surface area contributed by atoms with Gasteiger partial charge in [-0.25, -0.2) is 0 Å². The van der Waals surface area contributed by atoms with E-state index in [1.54, 1.807) is 0 Å². The van der Waals surface area contributed by atoms with Gasteiger partial charge in [0, 0.05) is 13.0 Å². The van der Waals surface area contributed by atoms with Crippen molar-refractivity contribution in [1.82, 2.24) is 0 Å². The van der Waals surface area contributed by atoms with Crippen molar-refractivity contribution in [3.05, 3.63) is 0 Å². The molecule has 4 heteroatoms. The highest BCUT2D eigenvalue weighted by atomic mass is 16.5. The van der Waals surface area contributed by atoms with Crippen LogP contribution in [0.1, 0.15) is 20.3 Å². The van der Waals surface area contributed by atoms with E-state index in [0.29, 0.717) is 26.2 Å². The predicted octanol–water partition coefficient (Wildman–Crippen LogP) is -0.110. The average Bonchev–Trinajstić information content (AvgIpc) is 2.49. The summed E-state index contributed by atoms with van der Waals surface area (Å²) in [5.41, 5.74) is 4.93. The second-order valence-electron chi connectivity index (χ2n) is 3.89. The molecule has 0 spiro atoms. The van der Waals surface area contributed by atoms with Crippen LogP contribution in [0.15, 0.2) is 0 Å². The number of rotatable bonds is 4. The molecule has 0 aromatic carbocycles. The van der Waals surface area contributed by atoms with Crippen LogP contribution in [-0.2, 0) is 9.47 Å². The molecule has 1 aliphatic heterocycles. The smallest absolute Gasteiger partial charge is 0.107 e. The summed E-state index contributed by atoms with van der Waals surface area (Å²) in [7, 11) is 0. The number of hydrogen-bond acceptors (Lipinski definition) is 4. The van der Waals surface area contributed by atoms with Crippen molar-refractivity contribution in [2.45, 2.75) is 38.0 Å². The van der Waals surface area contributed by atoms with Crippen molar-refractivity contribution in [3.63, 3.8) is 0 Å². The molecule has 4 nitrogen and oxygen atoms in total. The highest BCUT2D eigenvalue weighted by Gasteiger charge is 2.38. The Morgan fingerprint density at radius 1 is 1.62 bits per heavy atom. The van der Waals surface area contributed by atoms with E-state index in [-0.39, 0.29) is 12.1 Å². The first-order valence-corrected chi connectivity index (χ1v) is 4.72. The summed E-state index contributed by atoms with van der Waals surface area (Å²) in [6.45, 7) is 5.20. The molecule has 13 heavy (non-hydrogen) atoms. The maximum Gasteiger partial charge on any atom is 0.107 e. The summed E-state index contributed by atoms with van der Waals surface area (Å²) in [5, 5.41) is 9.94. The molecule has 0 aromatic rings. The molecular weight excluding hydrogens is 170 g/mol. The maximum atomic E-state index is 9.94. The van der Waals surface area contributed by atoms with Gasteiger partial charge in [0.25, 0.3) is 0 Å². The highest BCUT2D eigenvalue weighted by molar-refractivity contribution is 4.92. The molecule has 0 saturated carbocycles. The Balaban J connectivity index is 2.33. The van der Waals surface area contributed by atoms with Gasteiger partial charge in [-0.15, -0.1) is 0 Å². The average molecular weight is 189 g/mol. The number of hydrogen-bond donors (Lipinski definition) is 2. The molecule has 3 N–H and O–H groups in total. The molecule has 0 aromatic heterocycles. The summed E-state index contributed by atoms with van der Waals surface area (Å²) in [4.78, 5) is 0. The zero-order valence-electron chi connectivity index (χ0n) is 8.32. The van der Waals surface area contributed by atoms with E-state index in [4.69, 9.17) is 15.2 Å². The van der Waals surface area contributed by atoms with Gasteiger partial charge in [0.15, 0.2) is 0 Å². The van der Waals surface area contributed by atoms with Gasteiger partial charge in [0.1, 0.15) is 5.60 Å². The molecule has 0 bridgehead atoms. The molecule has 2 atom stereocenters. The van der Waals surface area contributed by atoms with E-state index in [1.165, 1.54) is 0 Å². The molecule has 1 heterocycles. The van der Waals surface area contributed by atoms with Crippen LogP contribution in [-0.4, -0.2) is 42.7 Å². The molecule has 1 fully saturated rings. The lowest BCUT2D eigenvalue weighted by atomic mass is 9.95. The van der Waals surface area contributed by atoms with Crippen LogP contribution in [0, 0.1) is 0 Å². The lowest BCUT2D eigenvalue weighted by molar-refractivity contribution is -0.0350. The van der Waals surface area contributed by atoms with Crippen LogP contribution in [0.25, 0.3) is 0 Å². The Morgan fingerprint density at radius 3 is 2.77 bits per heavy atom. The minimum absolute atomic E-state index is 0.150. The largest absolute Gasteiger partial charge is 0.386 e. The van der Waals surface area contributed by atoms with Crippen molar-refractivity contribution >= 4 is 0 Å². The Labute approximate surface area is 79.0 Å². The quantitative estimate of drug-likeness (QED) is 0.647. The standard InChI is InChI=1S/C9H19NO3/c1-7(2)13-5-8(10)9(11)3-4-12-6-9/h7-8,11H,3-6,10H2,1-2H3. The zero-order chi connectivity index (χ0) is 9.90. The molecule has 0 amide bonds. The lowest BCUT2D eigenvalue weighted by Gasteiger charge is -2.28. The fourth-order valence-electron chi connectivity index (χ4n) is 1.31. The first-order valence-electron chi connectivity index (χ1n) is 4.72. The Morgan fingerprint density at radius 2 is 2.31 bits per heavy atom. The molecule has 2 unspecified atom stereocenters. The third kappa shape index (κ3) is 2.91. The van der Waals surface area contributed by atoms with Gasteiger partial charge in [0.05, 0.1) is 25.4 Å². The maximum absolute atomic E-state index is 9.94. The van der Waals surface area contributed by atoms with Gasteiger partial charge < -0.3 is 20.3 Å². The molecule has 1 saturated heterocycles. The van der Waals surface area contributed by atoms with Gasteiger partial charge in [0.2, 0.25) is 0 Å². The third-order valence-electron chi connectivity index (χ3n) is 2.33. The van der Waals surface area contributed by atoms with Gasteiger partial charge >= 0.3 is 0 Å². The van der Waals surface area contributed by atoms with Crippen LogP contribution >= 0.6 is 0 Å². The molecule has 0 radical (unpaired) electrons. The molecule has 1 rings (SSSR count). The normalized spacial score (nSPS) is 31.2. The van der Waals surface area contributed by atoms with Crippen LogP contribution in [0.2, 0.25) is 0 Å².